The van der Waals surface area contributed by atoms with E-state index >= 15 is 0 Å². The van der Waals surface area contributed by atoms with Crippen LogP contribution in [-0.4, -0.2) is 58.0 Å². The fourth-order valence-corrected chi connectivity index (χ4v) is 3.68. The average molecular weight is 338 g/mol. The van der Waals surface area contributed by atoms with Gasteiger partial charge in [0.25, 0.3) is 5.91 Å². The normalized spacial score (nSPS) is 20.9. The molecule has 1 aromatic carbocycles. The van der Waals surface area contributed by atoms with Crippen LogP contribution >= 0.6 is 0 Å². The maximum Gasteiger partial charge on any atom is 0.275 e. The first kappa shape index (κ1) is 15.9. The van der Waals surface area contributed by atoms with Gasteiger partial charge >= 0.3 is 0 Å². The minimum absolute atomic E-state index is 0.0647. The van der Waals surface area contributed by atoms with Crippen molar-refractivity contribution in [2.45, 2.75) is 19.3 Å². The van der Waals surface area contributed by atoms with Gasteiger partial charge in [0.2, 0.25) is 5.91 Å². The van der Waals surface area contributed by atoms with Crippen molar-refractivity contribution in [2.24, 2.45) is 5.92 Å². The van der Waals surface area contributed by atoms with Crippen LogP contribution in [0.1, 0.15) is 29.8 Å². The Morgan fingerprint density at radius 2 is 1.80 bits per heavy atom. The van der Waals surface area contributed by atoms with Gasteiger partial charge in [0, 0.05) is 37.5 Å². The van der Waals surface area contributed by atoms with Crippen LogP contribution in [0, 0.1) is 5.92 Å². The third-order valence-electron chi connectivity index (χ3n) is 5.17. The van der Waals surface area contributed by atoms with Gasteiger partial charge in [-0.1, -0.05) is 30.4 Å². The minimum Gasteiger partial charge on any atom is -0.339 e. The topological polar surface area (TPSA) is 69.3 Å². The summed E-state index contributed by atoms with van der Waals surface area (Å²) in [6, 6.07) is 7.64. The largest absolute Gasteiger partial charge is 0.339 e. The molecule has 130 valence electrons. The van der Waals surface area contributed by atoms with Crippen LogP contribution in [0.25, 0.3) is 10.9 Å². The number of aromatic nitrogens is 2. The van der Waals surface area contributed by atoms with Crippen molar-refractivity contribution >= 4 is 22.7 Å². The highest BCUT2D eigenvalue weighted by molar-refractivity contribution is 6.04. The zero-order valence-electron chi connectivity index (χ0n) is 14.1. The molecule has 1 aliphatic carbocycles. The summed E-state index contributed by atoms with van der Waals surface area (Å²) in [6.45, 7) is 2.34. The van der Waals surface area contributed by atoms with Gasteiger partial charge in [0.05, 0.1) is 5.52 Å². The van der Waals surface area contributed by atoms with Gasteiger partial charge in [0.1, 0.15) is 0 Å². The first-order valence-electron chi connectivity index (χ1n) is 8.90. The summed E-state index contributed by atoms with van der Waals surface area (Å²) < 4.78 is 0. The maximum absolute atomic E-state index is 12.8. The van der Waals surface area contributed by atoms with E-state index in [4.69, 9.17) is 0 Å². The Hall–Kier alpha value is -2.63. The molecule has 1 saturated heterocycles. The summed E-state index contributed by atoms with van der Waals surface area (Å²) in [4.78, 5) is 29.1. The summed E-state index contributed by atoms with van der Waals surface area (Å²) in [5.74, 6) is 0.286. The molecule has 2 aromatic rings. The third kappa shape index (κ3) is 3.04. The maximum atomic E-state index is 12.8. The molecule has 25 heavy (non-hydrogen) atoms. The molecule has 1 aliphatic heterocycles. The van der Waals surface area contributed by atoms with Crippen LogP contribution in [-0.2, 0) is 4.79 Å². The zero-order valence-corrected chi connectivity index (χ0v) is 14.1. The SMILES string of the molecule is O=C(c1n[nH]c2ccccc12)N1CCN(C(=O)[C@@H]2CC=CCC2)CC1. The number of nitrogens with one attached hydrogen (secondary N) is 1. The van der Waals surface area contributed by atoms with Gasteiger partial charge in [0.15, 0.2) is 5.69 Å². The second-order valence-electron chi connectivity index (χ2n) is 6.72. The molecule has 1 aromatic heterocycles. The number of amides is 2. The number of rotatable bonds is 2. The zero-order chi connectivity index (χ0) is 17.2. The number of H-pyrrole nitrogens is 1. The van der Waals surface area contributed by atoms with Gasteiger partial charge in [-0.3, -0.25) is 14.7 Å². The van der Waals surface area contributed by atoms with E-state index in [0.717, 1.165) is 30.2 Å². The lowest BCUT2D eigenvalue weighted by molar-refractivity contribution is -0.137. The second kappa shape index (κ2) is 6.70. The quantitative estimate of drug-likeness (QED) is 0.854. The molecule has 4 rings (SSSR count). The minimum atomic E-state index is -0.0647. The molecule has 0 spiro atoms. The van der Waals surface area contributed by atoms with Crippen LogP contribution in [0.15, 0.2) is 36.4 Å². The summed E-state index contributed by atoms with van der Waals surface area (Å²) in [7, 11) is 0. The number of allylic oxidation sites excluding steroid dienone is 2. The molecule has 6 heteroatoms. The molecule has 0 unspecified atom stereocenters. The molecule has 2 aliphatic rings. The van der Waals surface area contributed by atoms with E-state index in [1.165, 1.54) is 0 Å². The van der Waals surface area contributed by atoms with Crippen molar-refractivity contribution in [1.82, 2.24) is 20.0 Å². The number of aromatic amines is 1. The van der Waals surface area contributed by atoms with E-state index in [-0.39, 0.29) is 17.7 Å². The first-order chi connectivity index (χ1) is 12.2. The molecular formula is C19H22N4O2. The van der Waals surface area contributed by atoms with Crippen molar-refractivity contribution in [3.63, 3.8) is 0 Å². The van der Waals surface area contributed by atoms with Crippen LogP contribution in [0.2, 0.25) is 0 Å². The average Bonchev–Trinajstić information content (AvgIpc) is 3.12. The molecule has 0 bridgehead atoms. The summed E-state index contributed by atoms with van der Waals surface area (Å²) in [5, 5.41) is 7.95. The lowest BCUT2D eigenvalue weighted by Gasteiger charge is -2.36. The van der Waals surface area contributed by atoms with Gasteiger partial charge in [-0.15, -0.1) is 0 Å². The Kier molecular flexibility index (Phi) is 4.26. The standard InChI is InChI=1S/C19H22N4O2/c24-18(14-6-2-1-3-7-14)22-10-12-23(13-11-22)19(25)17-15-8-4-5-9-16(15)20-21-17/h1-2,4-5,8-9,14H,3,6-7,10-13H2,(H,20,21)/t14-/m1/s1. The fourth-order valence-electron chi connectivity index (χ4n) is 3.68. The highest BCUT2D eigenvalue weighted by Gasteiger charge is 2.30. The molecule has 0 saturated carbocycles. The lowest BCUT2D eigenvalue weighted by atomic mass is 9.93. The summed E-state index contributed by atoms with van der Waals surface area (Å²) in [6.07, 6.45) is 7.02. The van der Waals surface area contributed by atoms with Crippen molar-refractivity contribution in [3.05, 3.63) is 42.1 Å². The molecular weight excluding hydrogens is 316 g/mol. The number of fused-ring (bicyclic) bond motifs is 1. The first-order valence-corrected chi connectivity index (χ1v) is 8.90. The highest BCUT2D eigenvalue weighted by Crippen LogP contribution is 2.22. The predicted molar refractivity (Wildman–Crippen MR) is 95.1 cm³/mol. The smallest absolute Gasteiger partial charge is 0.275 e. The molecule has 0 radical (unpaired) electrons. The van der Waals surface area contributed by atoms with E-state index in [1.807, 2.05) is 29.2 Å². The number of hydrogen-bond acceptors (Lipinski definition) is 3. The highest BCUT2D eigenvalue weighted by atomic mass is 16.2. The Labute approximate surface area is 146 Å². The molecule has 2 amide bonds. The van der Waals surface area contributed by atoms with Crippen molar-refractivity contribution < 1.29 is 9.59 Å². The number of carbonyl (C=O) groups is 2. The van der Waals surface area contributed by atoms with Crippen LogP contribution < -0.4 is 0 Å². The Morgan fingerprint density at radius 1 is 1.04 bits per heavy atom. The number of benzene rings is 1. The van der Waals surface area contributed by atoms with Crippen LogP contribution in [0.3, 0.4) is 0 Å². The summed E-state index contributed by atoms with van der Waals surface area (Å²) in [5.41, 5.74) is 1.33. The molecule has 1 atom stereocenters. The molecule has 2 heterocycles. The van der Waals surface area contributed by atoms with E-state index in [0.29, 0.717) is 31.9 Å². The second-order valence-corrected chi connectivity index (χ2v) is 6.72. The molecule has 6 nitrogen and oxygen atoms in total. The molecule has 1 N–H and O–H groups in total. The number of nitrogens with zero attached hydrogens (tertiary/aromatic N) is 3. The predicted octanol–water partition coefficient (Wildman–Crippen LogP) is 2.20. The lowest BCUT2D eigenvalue weighted by Crippen LogP contribution is -2.52. The van der Waals surface area contributed by atoms with Crippen molar-refractivity contribution in [3.8, 4) is 0 Å². The number of para-hydroxylation sites is 1. The van der Waals surface area contributed by atoms with E-state index in [2.05, 4.69) is 22.3 Å². The van der Waals surface area contributed by atoms with Gasteiger partial charge in [-0.25, -0.2) is 0 Å². The van der Waals surface area contributed by atoms with Gasteiger partial charge in [-0.05, 0) is 25.3 Å². The van der Waals surface area contributed by atoms with Crippen LogP contribution in [0.5, 0.6) is 0 Å². The Morgan fingerprint density at radius 3 is 2.56 bits per heavy atom. The number of carbonyl (C=O) groups excluding carboxylic acids is 2. The van der Waals surface area contributed by atoms with Gasteiger partial charge in [-0.2, -0.15) is 5.10 Å². The Balaban J connectivity index is 1.40. The number of piperazine rings is 1. The van der Waals surface area contributed by atoms with Crippen LogP contribution in [0.4, 0.5) is 0 Å². The molecule has 1 fully saturated rings. The summed E-state index contributed by atoms with van der Waals surface area (Å²) >= 11 is 0. The third-order valence-corrected chi connectivity index (χ3v) is 5.17. The Bertz CT molecular complexity index is 818. The van der Waals surface area contributed by atoms with E-state index < -0.39 is 0 Å². The van der Waals surface area contributed by atoms with Crippen molar-refractivity contribution in [1.29, 1.82) is 0 Å². The van der Waals surface area contributed by atoms with E-state index in [9.17, 15) is 9.59 Å². The van der Waals surface area contributed by atoms with Gasteiger partial charge < -0.3 is 9.80 Å². The fraction of sp³-hybridized carbons (Fsp3) is 0.421. The van der Waals surface area contributed by atoms with Crippen molar-refractivity contribution in [2.75, 3.05) is 26.2 Å². The van der Waals surface area contributed by atoms with E-state index in [1.54, 1.807) is 4.90 Å². The monoisotopic (exact) mass is 338 g/mol. The number of hydrogen-bond donors (Lipinski definition) is 1.